The van der Waals surface area contributed by atoms with Crippen LogP contribution in [0.25, 0.3) is 5.31 Å². The number of benzene rings is 3. The Bertz CT molecular complexity index is 1100. The largest absolute Gasteiger partial charge is 2.00 e. The van der Waals surface area contributed by atoms with Crippen LogP contribution in [0.4, 0.5) is 0 Å². The Hall–Kier alpha value is -2.88. The molecule has 0 heterocycles. The van der Waals surface area contributed by atoms with Crippen LogP contribution in [0, 0.1) is 13.5 Å². The van der Waals surface area contributed by atoms with Gasteiger partial charge in [-0.05, 0) is 16.7 Å². The molecule has 1 radical (unpaired) electrons. The van der Waals surface area contributed by atoms with E-state index in [1.54, 1.807) is 0 Å². The van der Waals surface area contributed by atoms with Gasteiger partial charge in [0.05, 0.1) is 5.31 Å². The molecular formula is C29H27MnO2P. The van der Waals surface area contributed by atoms with E-state index >= 15 is 0 Å². The van der Waals surface area contributed by atoms with Crippen LogP contribution in [0.3, 0.4) is 0 Å². The molecule has 0 saturated carbocycles. The third-order valence-electron chi connectivity index (χ3n) is 4.92. The molecule has 0 saturated heterocycles. The standard InChI is InChI=1S/C23H19O2P.C5H5.CH3.Mn/c24-16-23(22-14-8-3-9-15-22)26(19-25,17-20-10-4-1-5-11-20)18-21-12-6-2-7-13-21;1-2-4-5-3-1;;/h1-15H,17-18H2;1-3H,4H2;1H3;/q;2*-1;+2. The third kappa shape index (κ3) is 8.20. The van der Waals surface area contributed by atoms with Gasteiger partial charge in [-0.25, -0.2) is 21.7 Å². The number of allylic oxidation sites excluding steroid dienone is 4. The molecule has 3 aromatic rings. The van der Waals surface area contributed by atoms with E-state index in [0.717, 1.165) is 23.1 Å². The molecule has 3 aromatic carbocycles. The van der Waals surface area contributed by atoms with E-state index in [1.807, 2.05) is 103 Å². The minimum atomic E-state index is -2.57. The maximum Gasteiger partial charge on any atom is 2.00 e. The Morgan fingerprint density at radius 1 is 0.788 bits per heavy atom. The molecule has 0 fully saturated rings. The Morgan fingerprint density at radius 3 is 1.61 bits per heavy atom. The van der Waals surface area contributed by atoms with Gasteiger partial charge >= 0.3 is 17.1 Å². The van der Waals surface area contributed by atoms with Gasteiger partial charge in [0.25, 0.3) is 0 Å². The first-order valence-electron chi connectivity index (χ1n) is 10.1. The normalized spacial score (nSPS) is 11.0. The van der Waals surface area contributed by atoms with Gasteiger partial charge in [-0.1, -0.05) is 91.0 Å². The second-order valence-electron chi connectivity index (χ2n) is 7.17. The molecule has 0 aliphatic heterocycles. The molecule has 4 heteroatoms. The Labute approximate surface area is 208 Å². The quantitative estimate of drug-likeness (QED) is 0.159. The Balaban J connectivity index is 0.000000689. The fourth-order valence-electron chi connectivity index (χ4n) is 3.44. The number of rotatable bonds is 6. The van der Waals surface area contributed by atoms with Crippen LogP contribution >= 0.6 is 6.89 Å². The molecule has 0 atom stereocenters. The molecule has 1 aliphatic rings. The summed E-state index contributed by atoms with van der Waals surface area (Å²) in [4.78, 5) is 24.3. The summed E-state index contributed by atoms with van der Waals surface area (Å²) in [5.74, 6) is 2.10. The van der Waals surface area contributed by atoms with Crippen molar-refractivity contribution in [2.24, 2.45) is 0 Å². The first-order chi connectivity index (χ1) is 15.3. The van der Waals surface area contributed by atoms with Crippen molar-refractivity contribution in [1.82, 2.24) is 0 Å². The second-order valence-corrected chi connectivity index (χ2v) is 10.4. The van der Waals surface area contributed by atoms with Gasteiger partial charge in [0, 0.05) is 19.2 Å². The molecule has 1 aliphatic carbocycles. The van der Waals surface area contributed by atoms with Crippen molar-refractivity contribution >= 4 is 23.8 Å². The van der Waals surface area contributed by atoms with Crippen molar-refractivity contribution in [3.05, 3.63) is 139 Å². The van der Waals surface area contributed by atoms with Crippen molar-refractivity contribution in [2.45, 2.75) is 18.7 Å². The first kappa shape index (κ1) is 28.2. The topological polar surface area (TPSA) is 34.1 Å². The summed E-state index contributed by atoms with van der Waals surface area (Å²) < 4.78 is 0. The van der Waals surface area contributed by atoms with Crippen LogP contribution in [0.15, 0.2) is 109 Å². The van der Waals surface area contributed by atoms with Crippen LogP contribution < -0.4 is 0 Å². The molecule has 0 spiro atoms. The van der Waals surface area contributed by atoms with Crippen molar-refractivity contribution in [3.8, 4) is 0 Å². The van der Waals surface area contributed by atoms with Gasteiger partial charge in [0.15, 0.2) is 0 Å². The van der Waals surface area contributed by atoms with Crippen molar-refractivity contribution in [2.75, 3.05) is 0 Å². The molecule has 167 valence electrons. The zero-order valence-corrected chi connectivity index (χ0v) is 20.7. The molecule has 0 amide bonds. The summed E-state index contributed by atoms with van der Waals surface area (Å²) in [6.45, 7) is -2.57. The summed E-state index contributed by atoms with van der Waals surface area (Å²) >= 11 is 0. The fraction of sp³-hybridized carbons (Fsp3) is 0.103. The number of carbonyl (C=O) groups excluding carboxylic acids is 2. The van der Waals surface area contributed by atoms with Gasteiger partial charge in [-0.2, -0.15) is 6.08 Å². The first-order valence-corrected chi connectivity index (χ1v) is 12.3. The van der Waals surface area contributed by atoms with E-state index < -0.39 is 6.89 Å². The number of hydrogen-bond donors (Lipinski definition) is 0. The Morgan fingerprint density at radius 2 is 1.27 bits per heavy atom. The van der Waals surface area contributed by atoms with Gasteiger partial charge in [0.1, 0.15) is 11.6 Å². The molecule has 2 nitrogen and oxygen atoms in total. The maximum atomic E-state index is 12.3. The van der Waals surface area contributed by atoms with Crippen LogP contribution in [0.2, 0.25) is 0 Å². The van der Waals surface area contributed by atoms with E-state index in [0.29, 0.717) is 17.6 Å². The van der Waals surface area contributed by atoms with E-state index in [2.05, 4.69) is 23.8 Å². The van der Waals surface area contributed by atoms with Gasteiger partial charge in [-0.3, -0.25) is 6.08 Å². The molecule has 33 heavy (non-hydrogen) atoms. The Kier molecular flexibility index (Phi) is 12.8. The molecular weight excluding hydrogens is 466 g/mol. The van der Waals surface area contributed by atoms with Gasteiger partial charge in [-0.15, -0.1) is 6.42 Å². The minimum absolute atomic E-state index is 0. The average molecular weight is 493 g/mol. The van der Waals surface area contributed by atoms with Crippen molar-refractivity contribution in [3.63, 3.8) is 0 Å². The summed E-state index contributed by atoms with van der Waals surface area (Å²) in [5.41, 5.74) is 5.14. The van der Waals surface area contributed by atoms with Crippen LogP contribution in [0.1, 0.15) is 23.1 Å². The molecule has 4 rings (SSSR count). The number of hydrogen-bond acceptors (Lipinski definition) is 2. The van der Waals surface area contributed by atoms with Crippen LogP contribution in [0.5, 0.6) is 0 Å². The van der Waals surface area contributed by atoms with Crippen molar-refractivity contribution < 1.29 is 26.7 Å². The molecule has 0 unspecified atom stereocenters. The third-order valence-corrected chi connectivity index (χ3v) is 8.29. The second kappa shape index (κ2) is 15.0. The summed E-state index contributed by atoms with van der Waals surface area (Å²) in [5, 5.41) is 0.459. The van der Waals surface area contributed by atoms with Crippen LogP contribution in [-0.4, -0.2) is 11.6 Å². The van der Waals surface area contributed by atoms with Gasteiger partial charge in [0.2, 0.25) is 0 Å². The zero-order chi connectivity index (χ0) is 21.8. The van der Waals surface area contributed by atoms with Crippen LogP contribution in [-0.2, 0) is 39.0 Å². The predicted molar refractivity (Wildman–Crippen MR) is 136 cm³/mol. The van der Waals surface area contributed by atoms with Gasteiger partial charge < -0.3 is 7.43 Å². The van der Waals surface area contributed by atoms with E-state index in [1.165, 1.54) is 0 Å². The van der Waals surface area contributed by atoms with Crippen molar-refractivity contribution in [1.29, 1.82) is 0 Å². The molecule has 0 N–H and O–H groups in total. The predicted octanol–water partition coefficient (Wildman–Crippen LogP) is 7.10. The molecule has 0 aromatic heterocycles. The SMILES string of the molecule is O=C=C(c1ccccc1)P(=C=O)(Cc1ccccc1)Cc1ccccc1.[C-]1=CC=CC1.[CH3-].[Mn+2]. The fourth-order valence-corrected chi connectivity index (χ4v) is 6.58. The molecule has 0 bridgehead atoms. The minimum Gasteiger partial charge on any atom is -0.358 e. The summed E-state index contributed by atoms with van der Waals surface area (Å²) in [7, 11) is 0. The van der Waals surface area contributed by atoms with E-state index in [9.17, 15) is 9.59 Å². The average Bonchev–Trinajstić information content (AvgIpc) is 3.42. The maximum absolute atomic E-state index is 12.3. The monoisotopic (exact) mass is 493 g/mol. The summed E-state index contributed by atoms with van der Waals surface area (Å²) in [6, 6.07) is 29.0. The van der Waals surface area contributed by atoms with E-state index in [4.69, 9.17) is 0 Å². The summed E-state index contributed by atoms with van der Waals surface area (Å²) in [6.07, 6.45) is 11.0. The smallest absolute Gasteiger partial charge is 0.358 e. The van der Waals surface area contributed by atoms with E-state index in [-0.39, 0.29) is 24.5 Å². The zero-order valence-electron chi connectivity index (χ0n) is 18.7.